The van der Waals surface area contributed by atoms with E-state index >= 15 is 0 Å². The van der Waals surface area contributed by atoms with Gasteiger partial charge in [0.25, 0.3) is 0 Å². The maximum absolute atomic E-state index is 12.7. The molecule has 0 saturated carbocycles. The number of likely N-dealkylation sites (N-methyl/N-ethyl adjacent to an activating group) is 1. The molecule has 0 aromatic heterocycles. The summed E-state index contributed by atoms with van der Waals surface area (Å²) in [6.45, 7) is 0.495. The number of nitrogens with zero attached hydrogens (tertiary/aromatic N) is 1. The number of para-hydroxylation sites is 1. The molecule has 0 radical (unpaired) electrons. The van der Waals surface area contributed by atoms with Gasteiger partial charge in [-0.15, -0.1) is 0 Å². The molecule has 4 rings (SSSR count). The number of amides is 1. The Hall–Kier alpha value is -2.00. The van der Waals surface area contributed by atoms with Gasteiger partial charge in [-0.25, -0.2) is 0 Å². The number of hydrogen-bond donors (Lipinski definition) is 0. The van der Waals surface area contributed by atoms with E-state index in [2.05, 4.69) is 0 Å². The minimum absolute atomic E-state index is 0.221. The minimum atomic E-state index is -1.40. The summed E-state index contributed by atoms with van der Waals surface area (Å²) in [4.78, 5) is 14.4. The predicted octanol–water partition coefficient (Wildman–Crippen LogP) is 3.79. The molecule has 2 aromatic rings. The zero-order valence-corrected chi connectivity index (χ0v) is 12.2. The molecule has 0 bridgehead atoms. The maximum Gasteiger partial charge on any atom is 0.230 e. The van der Waals surface area contributed by atoms with Crippen LogP contribution < -0.4 is 4.74 Å². The Morgan fingerprint density at radius 3 is 2.86 bits per heavy atom. The summed E-state index contributed by atoms with van der Waals surface area (Å²) in [5.74, 6) is -0.671. The molecule has 0 N–H and O–H groups in total. The van der Waals surface area contributed by atoms with Crippen molar-refractivity contribution >= 4 is 17.5 Å². The number of rotatable bonds is 0. The van der Waals surface area contributed by atoms with Crippen LogP contribution in [0.25, 0.3) is 0 Å². The minimum Gasteiger partial charge on any atom is -0.457 e. The van der Waals surface area contributed by atoms with E-state index in [9.17, 15) is 4.79 Å². The van der Waals surface area contributed by atoms with Crippen molar-refractivity contribution in [2.75, 3.05) is 13.6 Å². The predicted molar refractivity (Wildman–Crippen MR) is 81.1 cm³/mol. The van der Waals surface area contributed by atoms with Crippen molar-refractivity contribution < 1.29 is 10.9 Å². The van der Waals surface area contributed by atoms with Crippen molar-refractivity contribution in [2.24, 2.45) is 0 Å². The number of hydrogen-bond acceptors (Lipinski definition) is 2. The third kappa shape index (κ3) is 1.84. The number of halogens is 1. The van der Waals surface area contributed by atoms with Gasteiger partial charge in [0.1, 0.15) is 11.5 Å². The molecule has 4 heteroatoms. The Morgan fingerprint density at radius 2 is 2.00 bits per heavy atom. The highest BCUT2D eigenvalue weighted by atomic mass is 35.5. The number of benzene rings is 2. The molecule has 0 aliphatic carbocycles. The van der Waals surface area contributed by atoms with Gasteiger partial charge < -0.3 is 9.64 Å². The largest absolute Gasteiger partial charge is 0.457 e. The summed E-state index contributed by atoms with van der Waals surface area (Å²) >= 11 is 6.11. The number of fused-ring (bicyclic) bond motifs is 5. The van der Waals surface area contributed by atoms with E-state index < -0.39 is 5.89 Å². The van der Waals surface area contributed by atoms with E-state index in [4.69, 9.17) is 17.7 Å². The molecule has 106 valence electrons. The van der Waals surface area contributed by atoms with E-state index in [0.717, 1.165) is 5.56 Å². The zero-order chi connectivity index (χ0) is 15.5. The monoisotopic (exact) mass is 301 g/mol. The second-order valence-electron chi connectivity index (χ2n) is 5.43. The third-order valence-corrected chi connectivity index (χ3v) is 4.36. The van der Waals surface area contributed by atoms with Crippen molar-refractivity contribution in [1.29, 1.82) is 0 Å². The first-order chi connectivity index (χ1) is 10.5. The van der Waals surface area contributed by atoms with Gasteiger partial charge in [-0.05, 0) is 24.3 Å². The lowest BCUT2D eigenvalue weighted by molar-refractivity contribution is -0.127. The van der Waals surface area contributed by atoms with Gasteiger partial charge in [0, 0.05) is 37.0 Å². The van der Waals surface area contributed by atoms with Crippen LogP contribution in [0.15, 0.2) is 42.5 Å². The topological polar surface area (TPSA) is 29.5 Å². The average molecular weight is 302 g/mol. The fourth-order valence-electron chi connectivity index (χ4n) is 3.14. The smallest absolute Gasteiger partial charge is 0.230 e. The summed E-state index contributed by atoms with van der Waals surface area (Å²) in [5.41, 5.74) is 1.43. The number of carbonyl (C=O) groups is 1. The van der Waals surface area contributed by atoms with Crippen LogP contribution in [0, 0.1) is 0 Å². The van der Waals surface area contributed by atoms with Gasteiger partial charge in [-0.2, -0.15) is 0 Å². The van der Waals surface area contributed by atoms with Crippen molar-refractivity contribution in [3.8, 4) is 11.5 Å². The van der Waals surface area contributed by atoms with Crippen LogP contribution in [0.2, 0.25) is 5.02 Å². The normalized spacial score (nSPS) is 27.1. The first-order valence-corrected chi connectivity index (χ1v) is 7.22. The standard InChI is InChI=1S/C17H14ClNO2/c1-19-9-13-11-4-2-3-5-14(11)21-15-7-6-10(18)8-12(15)16(13)17(19)20/h2-8,13,16H,9H2,1H3/t13-,16-/m0/s1/i16T. The van der Waals surface area contributed by atoms with Crippen LogP contribution >= 0.6 is 11.6 Å². The van der Waals surface area contributed by atoms with Gasteiger partial charge in [-0.1, -0.05) is 29.8 Å². The molecule has 2 atom stereocenters. The molecule has 2 aromatic carbocycles. The van der Waals surface area contributed by atoms with Crippen LogP contribution in [-0.4, -0.2) is 24.4 Å². The summed E-state index contributed by atoms with van der Waals surface area (Å²) in [7, 11) is 1.74. The molecule has 21 heavy (non-hydrogen) atoms. The highest BCUT2D eigenvalue weighted by Gasteiger charge is 2.44. The fraction of sp³-hybridized carbons (Fsp3) is 0.235. The van der Waals surface area contributed by atoms with Gasteiger partial charge >= 0.3 is 0 Å². The molecule has 2 heterocycles. The molecular weight excluding hydrogens is 286 g/mol. The van der Waals surface area contributed by atoms with Crippen molar-refractivity contribution in [3.05, 3.63) is 58.6 Å². The number of carbonyl (C=O) groups excluding carboxylic acids is 1. The highest BCUT2D eigenvalue weighted by molar-refractivity contribution is 6.30. The van der Waals surface area contributed by atoms with Crippen molar-refractivity contribution in [3.63, 3.8) is 0 Å². The molecule has 3 nitrogen and oxygen atoms in total. The first kappa shape index (κ1) is 11.6. The van der Waals surface area contributed by atoms with Crippen LogP contribution in [0.3, 0.4) is 0 Å². The second kappa shape index (κ2) is 4.50. The number of likely N-dealkylation sites (tertiary alicyclic amines) is 1. The van der Waals surface area contributed by atoms with Gasteiger partial charge in [-0.3, -0.25) is 4.79 Å². The molecule has 1 fully saturated rings. The molecule has 0 unspecified atom stereocenters. The molecular formula is C17H14ClNO2. The van der Waals surface area contributed by atoms with E-state index in [1.54, 1.807) is 30.1 Å². The van der Waals surface area contributed by atoms with Crippen molar-refractivity contribution in [1.82, 2.24) is 4.90 Å². The third-order valence-electron chi connectivity index (χ3n) is 4.13. The Kier molecular flexibility index (Phi) is 2.49. The quantitative estimate of drug-likeness (QED) is 0.741. The highest BCUT2D eigenvalue weighted by Crippen LogP contribution is 2.50. The molecule has 1 amide bonds. The zero-order valence-electron chi connectivity index (χ0n) is 12.5. The van der Waals surface area contributed by atoms with Crippen LogP contribution in [0.1, 0.15) is 24.3 Å². The summed E-state index contributed by atoms with van der Waals surface area (Å²) < 4.78 is 15.0. The molecule has 2 aliphatic heterocycles. The summed E-state index contributed by atoms with van der Waals surface area (Å²) in [6, 6.07) is 12.8. The Morgan fingerprint density at radius 1 is 1.24 bits per heavy atom. The van der Waals surface area contributed by atoms with E-state index in [0.29, 0.717) is 28.6 Å². The molecule has 2 aliphatic rings. The first-order valence-electron chi connectivity index (χ1n) is 7.34. The average Bonchev–Trinajstić information content (AvgIpc) is 2.69. The maximum atomic E-state index is 12.7. The lowest BCUT2D eigenvalue weighted by Gasteiger charge is -2.15. The van der Waals surface area contributed by atoms with Crippen molar-refractivity contribution in [2.45, 2.75) is 11.8 Å². The van der Waals surface area contributed by atoms with Gasteiger partial charge in [0.15, 0.2) is 0 Å². The lowest BCUT2D eigenvalue weighted by Crippen LogP contribution is -2.21. The summed E-state index contributed by atoms with van der Waals surface area (Å²) in [5, 5.41) is 0.501. The van der Waals surface area contributed by atoms with Gasteiger partial charge in [0.2, 0.25) is 5.91 Å². The number of ether oxygens (including phenoxy) is 1. The van der Waals surface area contributed by atoms with Crippen LogP contribution in [0.4, 0.5) is 0 Å². The Balaban J connectivity index is 2.05. The van der Waals surface area contributed by atoms with E-state index in [-0.39, 0.29) is 11.8 Å². The Labute approximate surface area is 129 Å². The second-order valence-corrected chi connectivity index (χ2v) is 5.87. The fourth-order valence-corrected chi connectivity index (χ4v) is 3.31. The molecule has 1 saturated heterocycles. The van der Waals surface area contributed by atoms with Crippen LogP contribution in [-0.2, 0) is 4.79 Å². The van der Waals surface area contributed by atoms with Gasteiger partial charge in [0.05, 0.1) is 5.89 Å². The SMILES string of the molecule is [3H][C@@]12C(=O)N(C)C[C@H]1c1ccccc1Oc1ccc(Cl)cc12. The van der Waals surface area contributed by atoms with E-state index in [1.165, 1.54) is 0 Å². The summed E-state index contributed by atoms with van der Waals surface area (Å²) in [6.07, 6.45) is 0. The van der Waals surface area contributed by atoms with E-state index in [1.807, 2.05) is 24.3 Å². The van der Waals surface area contributed by atoms with Crippen LogP contribution in [0.5, 0.6) is 11.5 Å². The Bertz CT molecular complexity index is 794. The lowest BCUT2D eigenvalue weighted by atomic mass is 9.84. The molecule has 0 spiro atoms.